The number of amidine groups is 1. The molecule has 0 aliphatic carbocycles. The van der Waals surface area contributed by atoms with Gasteiger partial charge in [-0.1, -0.05) is 54.2 Å². The second-order valence-electron chi connectivity index (χ2n) is 7.41. The minimum absolute atomic E-state index is 0.267. The molecule has 34 heavy (non-hydrogen) atoms. The van der Waals surface area contributed by atoms with E-state index < -0.39 is 11.2 Å². The second-order valence-corrected chi connectivity index (χ2v) is 8.60. The molecule has 4 rings (SSSR count). The molecular formula is C25H23N3O5S. The molecule has 1 fully saturated rings. The molecule has 0 saturated carbocycles. The molecule has 1 heterocycles. The van der Waals surface area contributed by atoms with Gasteiger partial charge in [-0.2, -0.15) is 5.10 Å². The van der Waals surface area contributed by atoms with Gasteiger partial charge in [-0.3, -0.25) is 9.59 Å². The van der Waals surface area contributed by atoms with Crippen LogP contribution in [0.4, 0.5) is 0 Å². The zero-order valence-electron chi connectivity index (χ0n) is 18.4. The first-order valence-corrected chi connectivity index (χ1v) is 11.6. The molecule has 3 aromatic rings. The molecule has 0 aromatic heterocycles. The highest BCUT2D eigenvalue weighted by atomic mass is 32.2. The van der Waals surface area contributed by atoms with E-state index in [0.717, 1.165) is 33.7 Å². The Kier molecular flexibility index (Phi) is 7.44. The number of rotatable bonds is 9. The maximum absolute atomic E-state index is 11.8. The third kappa shape index (κ3) is 5.74. The fraction of sp³-hybridized carbons (Fsp3) is 0.200. The number of hydrogen-bond donors (Lipinski definition) is 2. The van der Waals surface area contributed by atoms with E-state index in [-0.39, 0.29) is 17.5 Å². The number of carboxylic acids is 1. The van der Waals surface area contributed by atoms with Crippen molar-refractivity contribution in [3.8, 4) is 11.5 Å². The third-order valence-electron chi connectivity index (χ3n) is 5.02. The SMILES string of the molecule is CCOc1cc(/C=N\N=C2\NC(=O)[C@@H](CC(=O)O)S2)ccc1OCc1cccc2ccccc12. The Morgan fingerprint density at radius 2 is 1.94 bits per heavy atom. The fourth-order valence-electron chi connectivity index (χ4n) is 3.46. The summed E-state index contributed by atoms with van der Waals surface area (Å²) in [6, 6.07) is 19.8. The maximum Gasteiger partial charge on any atom is 0.305 e. The van der Waals surface area contributed by atoms with Crippen LogP contribution in [-0.2, 0) is 16.2 Å². The molecule has 1 amide bonds. The Balaban J connectivity index is 1.45. The second kappa shape index (κ2) is 10.8. The predicted octanol–water partition coefficient (Wildman–Crippen LogP) is 4.21. The van der Waals surface area contributed by atoms with Crippen molar-refractivity contribution in [1.29, 1.82) is 0 Å². The van der Waals surface area contributed by atoms with E-state index in [1.807, 2.05) is 43.3 Å². The van der Waals surface area contributed by atoms with Crippen LogP contribution in [0.1, 0.15) is 24.5 Å². The van der Waals surface area contributed by atoms with Crippen LogP contribution in [-0.4, -0.2) is 40.2 Å². The molecule has 1 aliphatic heterocycles. The topological polar surface area (TPSA) is 110 Å². The van der Waals surface area contributed by atoms with Gasteiger partial charge < -0.3 is 19.9 Å². The highest BCUT2D eigenvalue weighted by Crippen LogP contribution is 2.30. The van der Waals surface area contributed by atoms with Crippen molar-refractivity contribution in [3.05, 3.63) is 71.8 Å². The minimum atomic E-state index is -1.04. The summed E-state index contributed by atoms with van der Waals surface area (Å²) in [6.07, 6.45) is 1.26. The van der Waals surface area contributed by atoms with Crippen LogP contribution < -0.4 is 14.8 Å². The zero-order chi connectivity index (χ0) is 23.9. The van der Waals surface area contributed by atoms with Gasteiger partial charge in [-0.15, -0.1) is 5.10 Å². The van der Waals surface area contributed by atoms with Gasteiger partial charge in [0.15, 0.2) is 16.7 Å². The predicted molar refractivity (Wildman–Crippen MR) is 133 cm³/mol. The molecule has 3 aromatic carbocycles. The van der Waals surface area contributed by atoms with E-state index in [2.05, 4.69) is 33.7 Å². The number of nitrogens with zero attached hydrogens (tertiary/aromatic N) is 2. The molecule has 2 N–H and O–H groups in total. The molecule has 1 aliphatic rings. The zero-order valence-corrected chi connectivity index (χ0v) is 19.2. The lowest BCUT2D eigenvalue weighted by atomic mass is 10.1. The van der Waals surface area contributed by atoms with Gasteiger partial charge in [0.1, 0.15) is 11.9 Å². The maximum atomic E-state index is 11.8. The van der Waals surface area contributed by atoms with E-state index in [9.17, 15) is 9.59 Å². The first-order chi connectivity index (χ1) is 16.5. The van der Waals surface area contributed by atoms with Gasteiger partial charge in [-0.25, -0.2) is 0 Å². The first kappa shape index (κ1) is 23.3. The van der Waals surface area contributed by atoms with E-state index in [4.69, 9.17) is 14.6 Å². The third-order valence-corrected chi connectivity index (χ3v) is 6.09. The van der Waals surface area contributed by atoms with Crippen LogP contribution in [0.2, 0.25) is 0 Å². The van der Waals surface area contributed by atoms with Crippen molar-refractivity contribution in [2.24, 2.45) is 10.2 Å². The summed E-state index contributed by atoms with van der Waals surface area (Å²) in [5.74, 6) is -0.214. The largest absolute Gasteiger partial charge is 0.490 e. The molecule has 1 atom stereocenters. The van der Waals surface area contributed by atoms with Crippen LogP contribution in [0.15, 0.2) is 70.9 Å². The van der Waals surface area contributed by atoms with E-state index in [1.54, 1.807) is 6.07 Å². The Bertz CT molecular complexity index is 1270. The number of fused-ring (bicyclic) bond motifs is 1. The summed E-state index contributed by atoms with van der Waals surface area (Å²) in [5, 5.41) is 21.3. The van der Waals surface area contributed by atoms with Gasteiger partial charge in [0.05, 0.1) is 19.2 Å². The molecular weight excluding hydrogens is 454 g/mol. The summed E-state index contributed by atoms with van der Waals surface area (Å²) in [7, 11) is 0. The minimum Gasteiger partial charge on any atom is -0.490 e. The quantitative estimate of drug-likeness (QED) is 0.353. The lowest BCUT2D eigenvalue weighted by Crippen LogP contribution is -2.26. The number of benzene rings is 3. The molecule has 8 nitrogen and oxygen atoms in total. The molecule has 9 heteroatoms. The average Bonchev–Trinajstić information content (AvgIpc) is 3.17. The number of carbonyl (C=O) groups is 2. The Morgan fingerprint density at radius 1 is 1.12 bits per heavy atom. The fourth-order valence-corrected chi connectivity index (χ4v) is 4.37. The summed E-state index contributed by atoms with van der Waals surface area (Å²) >= 11 is 1.05. The van der Waals surface area contributed by atoms with Crippen molar-refractivity contribution >= 4 is 45.8 Å². The normalized spacial score (nSPS) is 16.8. The number of carboxylic acid groups (broad SMARTS) is 1. The van der Waals surface area contributed by atoms with Crippen molar-refractivity contribution in [2.75, 3.05) is 6.61 Å². The Labute approximate surface area is 200 Å². The smallest absolute Gasteiger partial charge is 0.305 e. The number of aliphatic carboxylic acids is 1. The highest BCUT2D eigenvalue weighted by Gasteiger charge is 2.32. The summed E-state index contributed by atoms with van der Waals surface area (Å²) < 4.78 is 11.8. The molecule has 1 saturated heterocycles. The summed E-state index contributed by atoms with van der Waals surface area (Å²) in [4.78, 5) is 22.6. The number of nitrogens with one attached hydrogen (secondary N) is 1. The highest BCUT2D eigenvalue weighted by molar-refractivity contribution is 8.15. The van der Waals surface area contributed by atoms with Crippen LogP contribution in [0.3, 0.4) is 0 Å². The average molecular weight is 478 g/mol. The molecule has 0 radical (unpaired) electrons. The van der Waals surface area contributed by atoms with Crippen molar-refractivity contribution < 1.29 is 24.2 Å². The van der Waals surface area contributed by atoms with Crippen LogP contribution >= 0.6 is 11.8 Å². The van der Waals surface area contributed by atoms with Gasteiger partial charge in [0.2, 0.25) is 5.91 Å². The van der Waals surface area contributed by atoms with Crippen molar-refractivity contribution in [3.63, 3.8) is 0 Å². The monoisotopic (exact) mass is 477 g/mol. The molecule has 0 bridgehead atoms. The Morgan fingerprint density at radius 3 is 2.76 bits per heavy atom. The molecule has 0 spiro atoms. The van der Waals surface area contributed by atoms with Crippen molar-refractivity contribution in [2.45, 2.75) is 25.2 Å². The van der Waals surface area contributed by atoms with Gasteiger partial charge in [-0.05, 0) is 47.0 Å². The standard InChI is InChI=1S/C25H23N3O5S/c1-2-32-21-12-16(14-26-28-25-27-24(31)22(34-25)13-23(29)30)10-11-20(21)33-15-18-8-5-7-17-6-3-4-9-19(17)18/h3-12,14,22H,2,13,15H2,1H3,(H,29,30)(H,27,28,31)/b26-14-/t22-/m1/s1. The summed E-state index contributed by atoms with van der Waals surface area (Å²) in [6.45, 7) is 2.77. The Hall–Kier alpha value is -3.85. The van der Waals surface area contributed by atoms with Crippen molar-refractivity contribution in [1.82, 2.24) is 5.32 Å². The molecule has 174 valence electrons. The van der Waals surface area contributed by atoms with Crippen LogP contribution in [0.25, 0.3) is 10.8 Å². The van der Waals surface area contributed by atoms with Crippen LogP contribution in [0, 0.1) is 0 Å². The summed E-state index contributed by atoms with van der Waals surface area (Å²) in [5.41, 5.74) is 1.82. The number of amides is 1. The van der Waals surface area contributed by atoms with Gasteiger partial charge in [0, 0.05) is 0 Å². The number of thioether (sulfide) groups is 1. The number of ether oxygens (including phenoxy) is 2. The number of carbonyl (C=O) groups excluding carboxylic acids is 1. The first-order valence-electron chi connectivity index (χ1n) is 10.7. The molecule has 0 unspecified atom stereocenters. The lowest BCUT2D eigenvalue weighted by Gasteiger charge is -2.13. The van der Waals surface area contributed by atoms with E-state index in [0.29, 0.717) is 24.7 Å². The van der Waals surface area contributed by atoms with E-state index >= 15 is 0 Å². The van der Waals surface area contributed by atoms with Crippen LogP contribution in [0.5, 0.6) is 11.5 Å². The van der Waals surface area contributed by atoms with Gasteiger partial charge >= 0.3 is 5.97 Å². The number of hydrogen-bond acceptors (Lipinski definition) is 7. The van der Waals surface area contributed by atoms with E-state index in [1.165, 1.54) is 6.21 Å². The lowest BCUT2D eigenvalue weighted by molar-refractivity contribution is -0.138. The van der Waals surface area contributed by atoms with Gasteiger partial charge in [0.25, 0.3) is 0 Å².